The molecule has 110 valence electrons. The van der Waals surface area contributed by atoms with Crippen LogP contribution in [0.4, 0.5) is 15.8 Å². The summed E-state index contributed by atoms with van der Waals surface area (Å²) in [6.45, 7) is 3.39. The third kappa shape index (κ3) is 4.20. The maximum atomic E-state index is 13.1. The predicted octanol–water partition coefficient (Wildman–Crippen LogP) is 4.61. The Morgan fingerprint density at radius 3 is 2.57 bits per heavy atom. The second kappa shape index (κ2) is 6.59. The highest BCUT2D eigenvalue weighted by molar-refractivity contribution is 6.31. The number of hydrogen-bond donors (Lipinski definition) is 2. The molecule has 2 N–H and O–H groups in total. The molecule has 0 aliphatic carbocycles. The van der Waals surface area contributed by atoms with Gasteiger partial charge in [0, 0.05) is 29.4 Å². The van der Waals surface area contributed by atoms with Crippen molar-refractivity contribution in [3.8, 4) is 0 Å². The molecule has 0 saturated heterocycles. The smallest absolute Gasteiger partial charge is 0.221 e. The maximum absolute atomic E-state index is 13.1. The molecule has 21 heavy (non-hydrogen) atoms. The van der Waals surface area contributed by atoms with E-state index in [0.717, 1.165) is 11.3 Å². The normalized spacial score (nSPS) is 11.8. The molecule has 0 aromatic heterocycles. The highest BCUT2D eigenvalue weighted by Gasteiger charge is 2.10. The molecule has 2 aromatic carbocycles. The van der Waals surface area contributed by atoms with Gasteiger partial charge in [0.15, 0.2) is 0 Å². The molecule has 0 fully saturated rings. The number of rotatable bonds is 4. The van der Waals surface area contributed by atoms with Crippen molar-refractivity contribution >= 4 is 28.9 Å². The molecule has 1 unspecified atom stereocenters. The number of anilines is 2. The molecule has 2 aromatic rings. The van der Waals surface area contributed by atoms with Gasteiger partial charge in [-0.15, -0.1) is 0 Å². The van der Waals surface area contributed by atoms with Crippen LogP contribution in [-0.2, 0) is 4.79 Å². The SMILES string of the molecule is CC(=O)Nc1cccc(NC(C)c2ccc(F)cc2Cl)c1. The minimum absolute atomic E-state index is 0.0920. The summed E-state index contributed by atoms with van der Waals surface area (Å²) in [7, 11) is 0. The van der Waals surface area contributed by atoms with Crippen molar-refractivity contribution in [2.45, 2.75) is 19.9 Å². The van der Waals surface area contributed by atoms with E-state index in [1.165, 1.54) is 19.1 Å². The van der Waals surface area contributed by atoms with Crippen LogP contribution in [0.3, 0.4) is 0 Å². The Balaban J connectivity index is 2.15. The Morgan fingerprint density at radius 1 is 1.19 bits per heavy atom. The van der Waals surface area contributed by atoms with E-state index in [1.807, 2.05) is 31.2 Å². The first-order valence-corrected chi connectivity index (χ1v) is 6.92. The fraction of sp³-hybridized carbons (Fsp3) is 0.188. The average Bonchev–Trinajstić information content (AvgIpc) is 2.37. The van der Waals surface area contributed by atoms with Crippen molar-refractivity contribution in [2.75, 3.05) is 10.6 Å². The Labute approximate surface area is 128 Å². The van der Waals surface area contributed by atoms with E-state index in [-0.39, 0.29) is 17.8 Å². The third-order valence-corrected chi connectivity index (χ3v) is 3.32. The van der Waals surface area contributed by atoms with Crippen molar-refractivity contribution in [3.05, 3.63) is 58.9 Å². The highest BCUT2D eigenvalue weighted by Crippen LogP contribution is 2.27. The fourth-order valence-electron chi connectivity index (χ4n) is 2.07. The molecule has 1 amide bonds. The Hall–Kier alpha value is -2.07. The number of hydrogen-bond acceptors (Lipinski definition) is 2. The van der Waals surface area contributed by atoms with E-state index in [0.29, 0.717) is 10.7 Å². The predicted molar refractivity (Wildman–Crippen MR) is 84.2 cm³/mol. The van der Waals surface area contributed by atoms with Gasteiger partial charge in [0.2, 0.25) is 5.91 Å². The summed E-state index contributed by atoms with van der Waals surface area (Å²) in [5, 5.41) is 6.38. The molecule has 0 aliphatic heterocycles. The van der Waals surface area contributed by atoms with Crippen LogP contribution >= 0.6 is 11.6 Å². The van der Waals surface area contributed by atoms with Crippen molar-refractivity contribution in [1.29, 1.82) is 0 Å². The van der Waals surface area contributed by atoms with Crippen molar-refractivity contribution < 1.29 is 9.18 Å². The van der Waals surface area contributed by atoms with Crippen LogP contribution in [-0.4, -0.2) is 5.91 Å². The van der Waals surface area contributed by atoms with Gasteiger partial charge in [-0.05, 0) is 42.8 Å². The van der Waals surface area contributed by atoms with Gasteiger partial charge in [0.1, 0.15) is 5.82 Å². The number of carbonyl (C=O) groups is 1. The molecule has 0 bridgehead atoms. The van der Waals surface area contributed by atoms with Gasteiger partial charge in [0.05, 0.1) is 0 Å². The van der Waals surface area contributed by atoms with Gasteiger partial charge in [-0.3, -0.25) is 4.79 Å². The molecule has 0 heterocycles. The first-order valence-electron chi connectivity index (χ1n) is 6.55. The largest absolute Gasteiger partial charge is 0.378 e. The molecular weight excluding hydrogens is 291 g/mol. The lowest BCUT2D eigenvalue weighted by molar-refractivity contribution is -0.114. The highest BCUT2D eigenvalue weighted by atomic mass is 35.5. The first-order chi connectivity index (χ1) is 9.95. The standard InChI is InChI=1S/C16H16ClFN2O/c1-10(15-7-6-12(18)8-16(15)17)19-13-4-3-5-14(9-13)20-11(2)21/h3-10,19H,1-2H3,(H,20,21). The van der Waals surface area contributed by atoms with E-state index in [1.54, 1.807) is 6.07 Å². The topological polar surface area (TPSA) is 41.1 Å². The summed E-state index contributed by atoms with van der Waals surface area (Å²) in [6.07, 6.45) is 0. The van der Waals surface area contributed by atoms with Crippen LogP contribution in [0.25, 0.3) is 0 Å². The minimum atomic E-state index is -0.358. The van der Waals surface area contributed by atoms with Crippen LogP contribution < -0.4 is 10.6 Å². The number of amides is 1. The number of benzene rings is 2. The lowest BCUT2D eigenvalue weighted by atomic mass is 10.1. The van der Waals surface area contributed by atoms with Gasteiger partial charge in [0.25, 0.3) is 0 Å². The quantitative estimate of drug-likeness (QED) is 0.866. The van der Waals surface area contributed by atoms with Crippen LogP contribution in [0.15, 0.2) is 42.5 Å². The Bertz CT molecular complexity index is 660. The number of carbonyl (C=O) groups excluding carboxylic acids is 1. The first kappa shape index (κ1) is 15.3. The number of halogens is 2. The van der Waals surface area contributed by atoms with Crippen LogP contribution in [0, 0.1) is 5.82 Å². The number of nitrogens with one attached hydrogen (secondary N) is 2. The summed E-state index contributed by atoms with van der Waals surface area (Å²) in [5.74, 6) is -0.481. The van der Waals surface area contributed by atoms with Crippen LogP contribution in [0.5, 0.6) is 0 Å². The van der Waals surface area contributed by atoms with E-state index < -0.39 is 0 Å². The molecule has 0 spiro atoms. The molecular formula is C16H16ClFN2O. The zero-order chi connectivity index (χ0) is 15.4. The zero-order valence-electron chi connectivity index (χ0n) is 11.8. The van der Waals surface area contributed by atoms with E-state index in [2.05, 4.69) is 10.6 Å². The second-order valence-electron chi connectivity index (χ2n) is 4.79. The monoisotopic (exact) mass is 306 g/mol. The van der Waals surface area contributed by atoms with E-state index in [4.69, 9.17) is 11.6 Å². The van der Waals surface area contributed by atoms with Crippen LogP contribution in [0.2, 0.25) is 5.02 Å². The maximum Gasteiger partial charge on any atom is 0.221 e. The van der Waals surface area contributed by atoms with Gasteiger partial charge in [-0.2, -0.15) is 0 Å². The average molecular weight is 307 g/mol. The van der Waals surface area contributed by atoms with E-state index in [9.17, 15) is 9.18 Å². The van der Waals surface area contributed by atoms with Crippen LogP contribution in [0.1, 0.15) is 25.5 Å². The van der Waals surface area contributed by atoms with Gasteiger partial charge in [-0.25, -0.2) is 4.39 Å². The Morgan fingerprint density at radius 2 is 1.90 bits per heavy atom. The summed E-state index contributed by atoms with van der Waals surface area (Å²) in [5.41, 5.74) is 2.36. The third-order valence-electron chi connectivity index (χ3n) is 3.00. The molecule has 1 atom stereocenters. The summed E-state index contributed by atoms with van der Waals surface area (Å²) in [4.78, 5) is 11.1. The summed E-state index contributed by atoms with van der Waals surface area (Å²) in [6, 6.07) is 11.6. The zero-order valence-corrected chi connectivity index (χ0v) is 12.5. The van der Waals surface area contributed by atoms with Crippen molar-refractivity contribution in [2.24, 2.45) is 0 Å². The Kier molecular flexibility index (Phi) is 4.81. The fourth-order valence-corrected chi connectivity index (χ4v) is 2.40. The van der Waals surface area contributed by atoms with Crippen molar-refractivity contribution in [1.82, 2.24) is 0 Å². The minimum Gasteiger partial charge on any atom is -0.378 e. The molecule has 0 radical (unpaired) electrons. The lowest BCUT2D eigenvalue weighted by Gasteiger charge is -2.17. The van der Waals surface area contributed by atoms with E-state index >= 15 is 0 Å². The van der Waals surface area contributed by atoms with Crippen molar-refractivity contribution in [3.63, 3.8) is 0 Å². The molecule has 5 heteroatoms. The molecule has 2 rings (SSSR count). The molecule has 0 saturated carbocycles. The molecule has 3 nitrogen and oxygen atoms in total. The lowest BCUT2D eigenvalue weighted by Crippen LogP contribution is -2.09. The van der Waals surface area contributed by atoms with Gasteiger partial charge < -0.3 is 10.6 Å². The summed E-state index contributed by atoms with van der Waals surface area (Å²) >= 11 is 6.05. The van der Waals surface area contributed by atoms with Gasteiger partial charge >= 0.3 is 0 Å². The molecule has 0 aliphatic rings. The van der Waals surface area contributed by atoms with Gasteiger partial charge in [-0.1, -0.05) is 23.7 Å². The summed E-state index contributed by atoms with van der Waals surface area (Å²) < 4.78 is 13.1. The second-order valence-corrected chi connectivity index (χ2v) is 5.20.